The fourth-order valence-electron chi connectivity index (χ4n) is 1.84. The van der Waals surface area contributed by atoms with Crippen LogP contribution in [0.5, 0.6) is 0 Å². The van der Waals surface area contributed by atoms with Gasteiger partial charge in [0.1, 0.15) is 0 Å². The van der Waals surface area contributed by atoms with E-state index in [1.807, 2.05) is 24.3 Å². The molecule has 0 atom stereocenters. The van der Waals surface area contributed by atoms with E-state index in [0.29, 0.717) is 13.0 Å². The third-order valence-electron chi connectivity index (χ3n) is 2.70. The minimum Gasteiger partial charge on any atom is -0.294 e. The van der Waals surface area contributed by atoms with Crippen molar-refractivity contribution < 1.29 is 9.59 Å². The van der Waals surface area contributed by atoms with E-state index in [0.717, 1.165) is 17.5 Å². The molecular formula is C12H14BN2O2. The van der Waals surface area contributed by atoms with Crippen molar-refractivity contribution in [3.05, 3.63) is 24.3 Å². The Morgan fingerprint density at radius 2 is 2.00 bits per heavy atom. The van der Waals surface area contributed by atoms with Crippen molar-refractivity contribution in [2.24, 2.45) is 0 Å². The van der Waals surface area contributed by atoms with E-state index in [1.165, 1.54) is 0 Å². The summed E-state index contributed by atoms with van der Waals surface area (Å²) < 4.78 is 0. The van der Waals surface area contributed by atoms with E-state index < -0.39 is 0 Å². The van der Waals surface area contributed by atoms with E-state index in [2.05, 4.69) is 19.5 Å². The Kier molecular flexibility index (Phi) is 3.47. The van der Waals surface area contributed by atoms with Crippen molar-refractivity contribution in [2.45, 2.75) is 19.7 Å². The fraction of sp³-hybridized carbons (Fsp3) is 0.333. The second-order valence-electron chi connectivity index (χ2n) is 3.96. The maximum Gasteiger partial charge on any atom is 0.328 e. The summed E-state index contributed by atoms with van der Waals surface area (Å²) in [6.07, 6.45) is 1.34. The number of carbonyl (C=O) groups excluding carboxylic acids is 2. The molecule has 17 heavy (non-hydrogen) atoms. The first-order valence-electron chi connectivity index (χ1n) is 5.75. The summed E-state index contributed by atoms with van der Waals surface area (Å²) in [5.41, 5.74) is 1.97. The predicted octanol–water partition coefficient (Wildman–Crippen LogP) is 0.901. The lowest BCUT2D eigenvalue weighted by molar-refractivity contribution is -0.120. The molecule has 1 N–H and O–H groups in total. The van der Waals surface area contributed by atoms with Crippen LogP contribution in [0.15, 0.2) is 24.3 Å². The third kappa shape index (κ3) is 2.67. The molecule has 1 aromatic rings. The zero-order valence-corrected chi connectivity index (χ0v) is 9.77. The molecule has 0 bridgehead atoms. The van der Waals surface area contributed by atoms with E-state index in [4.69, 9.17) is 0 Å². The Bertz CT molecular complexity index is 431. The molecule has 3 amide bonds. The number of amides is 3. The highest BCUT2D eigenvalue weighted by Crippen LogP contribution is 2.15. The van der Waals surface area contributed by atoms with Crippen LogP contribution in [0.4, 0.5) is 10.5 Å². The smallest absolute Gasteiger partial charge is 0.294 e. The van der Waals surface area contributed by atoms with Crippen LogP contribution in [0.25, 0.3) is 0 Å². The maximum atomic E-state index is 11.6. The average Bonchev–Trinajstić information content (AvgIpc) is 2.31. The van der Waals surface area contributed by atoms with Gasteiger partial charge in [-0.25, -0.2) is 4.79 Å². The lowest BCUT2D eigenvalue weighted by Crippen LogP contribution is -2.49. The van der Waals surface area contributed by atoms with Crippen LogP contribution < -0.4 is 15.7 Å². The van der Waals surface area contributed by atoms with Crippen LogP contribution in [-0.4, -0.2) is 25.8 Å². The molecule has 2 rings (SSSR count). The number of urea groups is 1. The number of hydrogen-bond acceptors (Lipinski definition) is 2. The number of benzene rings is 1. The summed E-state index contributed by atoms with van der Waals surface area (Å²) in [6.45, 7) is 2.53. The van der Waals surface area contributed by atoms with Crippen molar-refractivity contribution in [2.75, 3.05) is 11.4 Å². The summed E-state index contributed by atoms with van der Waals surface area (Å²) in [4.78, 5) is 24.2. The van der Waals surface area contributed by atoms with Crippen molar-refractivity contribution in [1.82, 2.24) is 5.32 Å². The number of anilines is 1. The predicted molar refractivity (Wildman–Crippen MR) is 67.8 cm³/mol. The van der Waals surface area contributed by atoms with E-state index >= 15 is 0 Å². The monoisotopic (exact) mass is 229 g/mol. The first kappa shape index (κ1) is 11.7. The molecule has 1 radical (unpaired) electrons. The van der Waals surface area contributed by atoms with Gasteiger partial charge in [-0.05, 0) is 12.1 Å². The largest absolute Gasteiger partial charge is 0.328 e. The average molecular weight is 229 g/mol. The van der Waals surface area contributed by atoms with Gasteiger partial charge in [0.2, 0.25) is 5.91 Å². The van der Waals surface area contributed by atoms with Gasteiger partial charge in [0, 0.05) is 18.7 Å². The molecule has 1 saturated heterocycles. The Morgan fingerprint density at radius 1 is 1.29 bits per heavy atom. The minimum atomic E-state index is -0.339. The normalized spacial score (nSPS) is 15.7. The van der Waals surface area contributed by atoms with Crippen molar-refractivity contribution in [3.8, 4) is 0 Å². The number of rotatable bonds is 3. The Labute approximate surface area is 101 Å². The van der Waals surface area contributed by atoms with Gasteiger partial charge >= 0.3 is 6.03 Å². The standard InChI is InChI=1S/C12H14BN2O2/c1-2-13-9-3-5-10(6-4-9)15-8-7-11(16)14-12(15)17/h3-6H,2,7-8H2,1H3,(H,14,16,17). The Morgan fingerprint density at radius 3 is 2.59 bits per heavy atom. The zero-order chi connectivity index (χ0) is 12.3. The lowest BCUT2D eigenvalue weighted by Gasteiger charge is -2.26. The molecule has 1 heterocycles. The number of imide groups is 1. The van der Waals surface area contributed by atoms with Gasteiger partial charge in [-0.3, -0.25) is 15.0 Å². The summed E-state index contributed by atoms with van der Waals surface area (Å²) in [6, 6.07) is 7.41. The molecule has 87 valence electrons. The van der Waals surface area contributed by atoms with Crippen LogP contribution in [0.3, 0.4) is 0 Å². The second-order valence-corrected chi connectivity index (χ2v) is 3.96. The van der Waals surface area contributed by atoms with Crippen LogP contribution in [0.1, 0.15) is 13.3 Å². The van der Waals surface area contributed by atoms with Gasteiger partial charge in [0.15, 0.2) is 7.28 Å². The van der Waals surface area contributed by atoms with Crippen LogP contribution in [0.2, 0.25) is 6.32 Å². The molecule has 4 nitrogen and oxygen atoms in total. The fourth-order valence-corrected chi connectivity index (χ4v) is 1.84. The minimum absolute atomic E-state index is 0.206. The van der Waals surface area contributed by atoms with E-state index in [-0.39, 0.29) is 11.9 Å². The van der Waals surface area contributed by atoms with Crippen molar-refractivity contribution in [3.63, 3.8) is 0 Å². The molecule has 0 saturated carbocycles. The lowest BCUT2D eigenvalue weighted by atomic mass is 9.68. The maximum absolute atomic E-state index is 11.6. The number of carbonyl (C=O) groups is 2. The molecule has 1 aromatic carbocycles. The van der Waals surface area contributed by atoms with Gasteiger partial charge in [-0.2, -0.15) is 0 Å². The number of nitrogens with one attached hydrogen (secondary N) is 1. The van der Waals surface area contributed by atoms with E-state index in [1.54, 1.807) is 4.90 Å². The molecule has 0 aromatic heterocycles. The summed E-state index contributed by atoms with van der Waals surface area (Å²) in [5, 5.41) is 2.31. The van der Waals surface area contributed by atoms with E-state index in [9.17, 15) is 9.59 Å². The SMILES string of the molecule is CC[B]c1ccc(N2CCC(=O)NC2=O)cc1. The quantitative estimate of drug-likeness (QED) is 0.783. The van der Waals surface area contributed by atoms with Crippen molar-refractivity contribution in [1.29, 1.82) is 0 Å². The van der Waals surface area contributed by atoms with Crippen LogP contribution >= 0.6 is 0 Å². The molecule has 1 aliphatic heterocycles. The summed E-state index contributed by atoms with van der Waals surface area (Å²) in [5.74, 6) is -0.206. The Hall–Kier alpha value is -1.78. The summed E-state index contributed by atoms with van der Waals surface area (Å²) >= 11 is 0. The molecular weight excluding hydrogens is 215 g/mol. The molecule has 0 spiro atoms. The van der Waals surface area contributed by atoms with Gasteiger partial charge in [0.25, 0.3) is 0 Å². The number of hydrogen-bond donors (Lipinski definition) is 1. The molecule has 0 aliphatic carbocycles. The first-order valence-corrected chi connectivity index (χ1v) is 5.75. The van der Waals surface area contributed by atoms with Gasteiger partial charge < -0.3 is 0 Å². The van der Waals surface area contributed by atoms with Gasteiger partial charge in [-0.1, -0.05) is 30.8 Å². The Balaban J connectivity index is 2.11. The van der Waals surface area contributed by atoms with Crippen LogP contribution in [0, 0.1) is 0 Å². The highest BCUT2D eigenvalue weighted by Gasteiger charge is 2.23. The van der Waals surface area contributed by atoms with Crippen molar-refractivity contribution >= 4 is 30.4 Å². The van der Waals surface area contributed by atoms with Crippen LogP contribution in [-0.2, 0) is 4.79 Å². The highest BCUT2D eigenvalue weighted by atomic mass is 16.2. The molecule has 5 heteroatoms. The first-order chi connectivity index (χ1) is 8.20. The number of nitrogens with zero attached hydrogens (tertiary/aromatic N) is 1. The molecule has 0 unspecified atom stereocenters. The zero-order valence-electron chi connectivity index (χ0n) is 9.77. The second kappa shape index (κ2) is 5.04. The molecule has 1 fully saturated rings. The van der Waals surface area contributed by atoms with Gasteiger partial charge in [-0.15, -0.1) is 0 Å². The highest BCUT2D eigenvalue weighted by molar-refractivity contribution is 6.53. The molecule has 1 aliphatic rings. The van der Waals surface area contributed by atoms with Gasteiger partial charge in [0.05, 0.1) is 0 Å². The summed E-state index contributed by atoms with van der Waals surface area (Å²) in [7, 11) is 2.11. The third-order valence-corrected chi connectivity index (χ3v) is 2.70. The topological polar surface area (TPSA) is 49.4 Å².